The van der Waals surface area contributed by atoms with Crippen molar-refractivity contribution in [3.63, 3.8) is 0 Å². The van der Waals surface area contributed by atoms with E-state index in [-0.39, 0.29) is 30.6 Å². The van der Waals surface area contributed by atoms with E-state index in [2.05, 4.69) is 20.5 Å². The van der Waals surface area contributed by atoms with Gasteiger partial charge < -0.3 is 20.9 Å². The van der Waals surface area contributed by atoms with Gasteiger partial charge in [0.2, 0.25) is 5.91 Å². The summed E-state index contributed by atoms with van der Waals surface area (Å²) < 4.78 is 6.26. The quantitative estimate of drug-likeness (QED) is 0.148. The number of amides is 2. The average Bonchev–Trinajstić information content (AvgIpc) is 3.46. The van der Waals surface area contributed by atoms with Crippen molar-refractivity contribution >= 4 is 86.8 Å². The largest absolute Gasteiger partial charge is 0.477 e. The summed E-state index contributed by atoms with van der Waals surface area (Å²) in [5.41, 5.74) is 6.65. The number of thioether (sulfide) groups is 3. The number of carboxylic acids is 1. The van der Waals surface area contributed by atoms with Crippen LogP contribution in [0.15, 0.2) is 25.3 Å². The van der Waals surface area contributed by atoms with Gasteiger partial charge in [-0.05, 0) is 5.57 Å². The van der Waals surface area contributed by atoms with Crippen LogP contribution in [0.1, 0.15) is 12.6 Å². The number of aromatic nitrogens is 3. The van der Waals surface area contributed by atoms with Gasteiger partial charge in [0.15, 0.2) is 13.8 Å². The van der Waals surface area contributed by atoms with Crippen molar-refractivity contribution in [2.45, 2.75) is 33.4 Å². The summed E-state index contributed by atoms with van der Waals surface area (Å²) in [6.45, 7) is 1.63. The number of ether oxygens (including phenoxy) is 1. The molecule has 2 aromatic rings. The number of carboxylic acid groups (broad SMARTS) is 1. The number of anilines is 1. The van der Waals surface area contributed by atoms with E-state index in [0.29, 0.717) is 42.3 Å². The summed E-state index contributed by atoms with van der Waals surface area (Å²) in [6, 6.07) is -0.795. The smallest absolute Gasteiger partial charge is 0.352 e. The molecule has 12 nitrogen and oxygen atoms in total. The highest BCUT2D eigenvalue weighted by molar-refractivity contribution is 8.03. The second kappa shape index (κ2) is 11.8. The van der Waals surface area contributed by atoms with Crippen molar-refractivity contribution in [2.24, 2.45) is 0 Å². The summed E-state index contributed by atoms with van der Waals surface area (Å²) in [6.07, 6.45) is -0.00966. The van der Waals surface area contributed by atoms with Crippen molar-refractivity contribution in [3.8, 4) is 0 Å². The highest BCUT2D eigenvalue weighted by Crippen LogP contribution is 2.42. The third-order valence-electron chi connectivity index (χ3n) is 4.85. The molecule has 4 N–H and O–H groups in total. The summed E-state index contributed by atoms with van der Waals surface area (Å²) in [7, 11) is 0. The number of nitrogens with one attached hydrogen (secondary N) is 1. The summed E-state index contributed by atoms with van der Waals surface area (Å²) >= 11 is 6.75. The van der Waals surface area contributed by atoms with Gasteiger partial charge in [0.05, 0.1) is 12.1 Å². The van der Waals surface area contributed by atoms with Crippen LogP contribution in [0.3, 0.4) is 0 Å². The lowest BCUT2D eigenvalue weighted by Gasteiger charge is -2.49. The number of esters is 1. The molecule has 2 aliphatic heterocycles. The molecule has 2 atom stereocenters. The molecule has 0 spiro atoms. The van der Waals surface area contributed by atoms with Crippen molar-refractivity contribution in [3.05, 3.63) is 22.3 Å². The second-order valence-electron chi connectivity index (χ2n) is 7.38. The maximum atomic E-state index is 12.8. The van der Waals surface area contributed by atoms with Crippen LogP contribution in [0.5, 0.6) is 0 Å². The number of fused-ring (bicyclic) bond motifs is 1. The first-order chi connectivity index (χ1) is 17.2. The minimum absolute atomic E-state index is 0.00966. The van der Waals surface area contributed by atoms with Gasteiger partial charge in [0, 0.05) is 29.6 Å². The standard InChI is InChI=1S/C19H20N6O6S5/c1-8(26)31-2-3-32-18-23-24-19(36-18)35-6-9-5-33-15-12(14(28)25(15)13(9)16(29)30)22-11(27)4-10-7-34-17(20)21-10/h7,12,15H,2-6H2,1H3,(H2,20,21)(H,22,27)(H,29,30)/t12?,15-/m1/s1. The van der Waals surface area contributed by atoms with E-state index in [9.17, 15) is 24.3 Å². The number of nitrogens with zero attached hydrogens (tertiary/aromatic N) is 4. The third-order valence-corrected chi connectivity index (χ3v) is 10.2. The Morgan fingerprint density at radius 3 is 2.72 bits per heavy atom. The van der Waals surface area contributed by atoms with Gasteiger partial charge in [0.25, 0.3) is 5.91 Å². The molecule has 0 aliphatic carbocycles. The number of β-lactam (4-membered cyclic amide) rings is 1. The molecular weight excluding hydrogens is 569 g/mol. The molecule has 2 amide bonds. The van der Waals surface area contributed by atoms with Crippen molar-refractivity contribution in [2.75, 3.05) is 29.6 Å². The van der Waals surface area contributed by atoms with Crippen molar-refractivity contribution in [1.29, 1.82) is 0 Å². The Balaban J connectivity index is 1.33. The van der Waals surface area contributed by atoms with Crippen LogP contribution in [0.25, 0.3) is 0 Å². The van der Waals surface area contributed by atoms with Crippen LogP contribution in [0, 0.1) is 0 Å². The zero-order chi connectivity index (χ0) is 25.8. The van der Waals surface area contributed by atoms with E-state index in [4.69, 9.17) is 10.5 Å². The summed E-state index contributed by atoms with van der Waals surface area (Å²) in [5.74, 6) is -1.07. The number of nitrogen functional groups attached to an aromatic ring is 1. The zero-order valence-electron chi connectivity index (χ0n) is 18.7. The van der Waals surface area contributed by atoms with Crippen LogP contribution in [0.2, 0.25) is 0 Å². The molecule has 1 saturated heterocycles. The Labute approximate surface area is 225 Å². The van der Waals surface area contributed by atoms with Crippen molar-refractivity contribution in [1.82, 2.24) is 25.4 Å². The number of hydrogen-bond acceptors (Lipinski definition) is 14. The molecule has 0 saturated carbocycles. The Morgan fingerprint density at radius 1 is 1.31 bits per heavy atom. The van der Waals surface area contributed by atoms with Gasteiger partial charge in [-0.3, -0.25) is 19.3 Å². The van der Waals surface area contributed by atoms with Gasteiger partial charge in [0.1, 0.15) is 23.7 Å². The normalized spacial score (nSPS) is 19.0. The highest BCUT2D eigenvalue weighted by atomic mass is 32.2. The molecule has 0 radical (unpaired) electrons. The van der Waals surface area contributed by atoms with Crippen LogP contribution >= 0.6 is 58.0 Å². The first kappa shape index (κ1) is 26.7. The molecule has 4 heterocycles. The van der Waals surface area contributed by atoms with Crippen LogP contribution in [-0.2, 0) is 30.3 Å². The van der Waals surface area contributed by atoms with E-state index in [1.807, 2.05) is 0 Å². The zero-order valence-corrected chi connectivity index (χ0v) is 22.7. The topological polar surface area (TPSA) is 178 Å². The fraction of sp³-hybridized carbons (Fsp3) is 0.421. The highest BCUT2D eigenvalue weighted by Gasteiger charge is 2.54. The Bertz CT molecular complexity index is 1220. The molecule has 2 aliphatic rings. The predicted molar refractivity (Wildman–Crippen MR) is 138 cm³/mol. The maximum absolute atomic E-state index is 12.8. The number of carbonyl (C=O) groups excluding carboxylic acids is 3. The monoisotopic (exact) mass is 588 g/mol. The first-order valence-electron chi connectivity index (χ1n) is 10.3. The van der Waals surface area contributed by atoms with E-state index in [1.165, 1.54) is 69.8 Å². The molecule has 2 aromatic heterocycles. The lowest BCUT2D eigenvalue weighted by Crippen LogP contribution is -2.70. The van der Waals surface area contributed by atoms with E-state index in [0.717, 1.165) is 0 Å². The van der Waals surface area contributed by atoms with E-state index < -0.39 is 23.3 Å². The van der Waals surface area contributed by atoms with Gasteiger partial charge in [-0.25, -0.2) is 9.78 Å². The molecule has 1 fully saturated rings. The molecule has 0 aromatic carbocycles. The molecule has 0 bridgehead atoms. The van der Waals surface area contributed by atoms with Crippen LogP contribution in [-0.4, -0.2) is 84.2 Å². The van der Waals surface area contributed by atoms with Gasteiger partial charge in [-0.1, -0.05) is 34.9 Å². The Hall–Kier alpha value is -2.34. The predicted octanol–water partition coefficient (Wildman–Crippen LogP) is 1.31. The first-order valence-corrected chi connectivity index (χ1v) is 15.1. The number of rotatable bonds is 11. The molecule has 192 valence electrons. The van der Waals surface area contributed by atoms with Crippen LogP contribution < -0.4 is 11.1 Å². The minimum atomic E-state index is -1.19. The Kier molecular flexibility index (Phi) is 8.76. The average molecular weight is 589 g/mol. The number of thiazole rings is 1. The number of hydrogen-bond donors (Lipinski definition) is 3. The maximum Gasteiger partial charge on any atom is 0.352 e. The molecule has 1 unspecified atom stereocenters. The van der Waals surface area contributed by atoms with Gasteiger partial charge >= 0.3 is 11.9 Å². The Morgan fingerprint density at radius 2 is 2.06 bits per heavy atom. The van der Waals surface area contributed by atoms with E-state index >= 15 is 0 Å². The fourth-order valence-electron chi connectivity index (χ4n) is 3.36. The second-order valence-corrected chi connectivity index (χ2v) is 12.9. The fourth-order valence-corrected chi connectivity index (χ4v) is 8.32. The van der Waals surface area contributed by atoms with E-state index in [1.54, 1.807) is 5.38 Å². The summed E-state index contributed by atoms with van der Waals surface area (Å²) in [5, 5.41) is 22.3. The third kappa shape index (κ3) is 6.31. The van der Waals surface area contributed by atoms with Crippen molar-refractivity contribution < 1.29 is 29.0 Å². The lowest BCUT2D eigenvalue weighted by atomic mass is 10.0. The van der Waals surface area contributed by atoms with Crippen LogP contribution in [0.4, 0.5) is 5.13 Å². The number of nitrogens with two attached hydrogens (primary N) is 1. The molecular formula is C19H20N6O6S5. The molecule has 4 rings (SSSR count). The molecule has 17 heteroatoms. The SMILES string of the molecule is CC(=O)OCCSc1nnc(SCC2=C(C(=O)O)N3C(=O)C(NC(=O)Cc4csc(N)n4)[C@H]3SC2)s1. The van der Waals surface area contributed by atoms with Gasteiger partial charge in [-0.2, -0.15) is 0 Å². The molecule has 36 heavy (non-hydrogen) atoms. The number of carbonyl (C=O) groups is 4. The number of aliphatic carboxylic acids is 1. The van der Waals surface area contributed by atoms with Gasteiger partial charge in [-0.15, -0.1) is 33.3 Å². The lowest BCUT2D eigenvalue weighted by molar-refractivity contribution is -0.150. The minimum Gasteiger partial charge on any atom is -0.477 e. The summed E-state index contributed by atoms with van der Waals surface area (Å²) in [4.78, 5) is 53.3.